The van der Waals surface area contributed by atoms with Crippen LogP contribution in [0.1, 0.15) is 106 Å². The first-order chi connectivity index (χ1) is 20.5. The van der Waals surface area contributed by atoms with Crippen molar-refractivity contribution in [3.8, 4) is 11.5 Å². The second-order valence-corrected chi connectivity index (χ2v) is 10.7. The van der Waals surface area contributed by atoms with E-state index in [1.807, 2.05) is 0 Å². The van der Waals surface area contributed by atoms with Crippen molar-refractivity contribution in [3.05, 3.63) is 95.1 Å². The molecule has 0 bridgehead atoms. The van der Waals surface area contributed by atoms with Gasteiger partial charge in [0.2, 0.25) is 0 Å². The maximum atomic E-state index is 13.5. The van der Waals surface area contributed by atoms with Gasteiger partial charge in [-0.15, -0.1) is 0 Å². The predicted octanol–water partition coefficient (Wildman–Crippen LogP) is 7.10. The third-order valence-corrected chi connectivity index (χ3v) is 7.60. The fourth-order valence-corrected chi connectivity index (χ4v) is 5.37. The summed E-state index contributed by atoms with van der Waals surface area (Å²) in [7, 11) is 0. The second-order valence-electron chi connectivity index (χ2n) is 10.7. The summed E-state index contributed by atoms with van der Waals surface area (Å²) in [6, 6.07) is 19.1. The molecule has 2 saturated carbocycles. The smallest absolute Gasteiger partial charge is 0.344 e. The Bertz CT molecular complexity index is 1300. The van der Waals surface area contributed by atoms with Gasteiger partial charge in [0.25, 0.3) is 0 Å². The van der Waals surface area contributed by atoms with E-state index < -0.39 is 23.9 Å². The van der Waals surface area contributed by atoms with Gasteiger partial charge in [-0.25, -0.2) is 19.2 Å². The van der Waals surface area contributed by atoms with Crippen LogP contribution in [-0.4, -0.2) is 36.1 Å². The van der Waals surface area contributed by atoms with Crippen molar-refractivity contribution in [2.24, 2.45) is 0 Å². The molecule has 8 heteroatoms. The minimum absolute atomic E-state index is 0.155. The van der Waals surface area contributed by atoms with E-state index in [-0.39, 0.29) is 46.0 Å². The van der Waals surface area contributed by atoms with Crippen LogP contribution in [0.25, 0.3) is 0 Å². The molecule has 218 valence electrons. The topological polar surface area (TPSA) is 105 Å². The average molecular weight is 571 g/mol. The van der Waals surface area contributed by atoms with Crippen LogP contribution in [0.3, 0.4) is 0 Å². The van der Waals surface area contributed by atoms with Crippen molar-refractivity contribution in [1.29, 1.82) is 0 Å². The van der Waals surface area contributed by atoms with E-state index in [1.165, 1.54) is 12.1 Å². The largest absolute Gasteiger partial charge is 0.459 e. The lowest BCUT2D eigenvalue weighted by molar-refractivity contribution is 0.0163. The number of hydrogen-bond acceptors (Lipinski definition) is 8. The molecule has 2 fully saturated rings. The van der Waals surface area contributed by atoms with Crippen molar-refractivity contribution in [3.63, 3.8) is 0 Å². The summed E-state index contributed by atoms with van der Waals surface area (Å²) in [5.74, 6) is -2.79. The molecule has 0 atom stereocenters. The van der Waals surface area contributed by atoms with Gasteiger partial charge in [0.05, 0.1) is 22.3 Å². The predicted molar refractivity (Wildman–Crippen MR) is 154 cm³/mol. The zero-order valence-corrected chi connectivity index (χ0v) is 23.4. The van der Waals surface area contributed by atoms with Gasteiger partial charge >= 0.3 is 23.9 Å². The summed E-state index contributed by atoms with van der Waals surface area (Å²) in [5.41, 5.74) is -0.774. The minimum Gasteiger partial charge on any atom is -0.459 e. The van der Waals surface area contributed by atoms with Crippen LogP contribution >= 0.6 is 0 Å². The van der Waals surface area contributed by atoms with Gasteiger partial charge in [-0.2, -0.15) is 0 Å². The molecular formula is C34H34O8. The molecule has 0 amide bonds. The van der Waals surface area contributed by atoms with Crippen LogP contribution in [0.5, 0.6) is 11.5 Å². The van der Waals surface area contributed by atoms with Crippen molar-refractivity contribution in [1.82, 2.24) is 0 Å². The number of ether oxygens (including phenoxy) is 4. The van der Waals surface area contributed by atoms with E-state index in [0.29, 0.717) is 0 Å². The molecule has 8 nitrogen and oxygen atoms in total. The Morgan fingerprint density at radius 1 is 0.452 bits per heavy atom. The highest BCUT2D eigenvalue weighted by atomic mass is 16.6. The molecule has 5 rings (SSSR count). The normalized spacial score (nSPS) is 15.8. The monoisotopic (exact) mass is 570 g/mol. The zero-order chi connectivity index (χ0) is 29.3. The molecule has 42 heavy (non-hydrogen) atoms. The van der Waals surface area contributed by atoms with Crippen LogP contribution in [-0.2, 0) is 9.47 Å². The maximum absolute atomic E-state index is 13.5. The summed E-state index contributed by atoms with van der Waals surface area (Å²) in [5, 5.41) is 0. The Hall–Kier alpha value is -4.46. The third-order valence-electron chi connectivity index (χ3n) is 7.60. The standard InChI is InChI=1S/C34H34O8/c35-31(39-23-13-5-1-6-14-23)27-21-29(33(37)41-25-17-9-3-10-18-25)30(34(38)42-26-19-11-4-12-20-26)22-28(27)32(36)40-24-15-7-2-8-16-24/h1-2,5-8,13-16,21-22,25-26H,3-4,9-12,17-20H2. The lowest BCUT2D eigenvalue weighted by Gasteiger charge is -2.24. The van der Waals surface area contributed by atoms with Gasteiger partial charge in [0, 0.05) is 0 Å². The highest BCUT2D eigenvalue weighted by Crippen LogP contribution is 2.28. The van der Waals surface area contributed by atoms with E-state index in [9.17, 15) is 19.2 Å². The molecule has 2 aliphatic carbocycles. The van der Waals surface area contributed by atoms with Crippen molar-refractivity contribution < 1.29 is 38.1 Å². The Morgan fingerprint density at radius 2 is 0.786 bits per heavy atom. The molecule has 2 aliphatic rings. The zero-order valence-electron chi connectivity index (χ0n) is 23.4. The molecule has 0 heterocycles. The number of carbonyl (C=O) groups is 4. The first-order valence-electron chi connectivity index (χ1n) is 14.6. The van der Waals surface area contributed by atoms with E-state index in [4.69, 9.17) is 18.9 Å². The van der Waals surface area contributed by atoms with Crippen molar-refractivity contribution in [2.45, 2.75) is 76.4 Å². The van der Waals surface area contributed by atoms with Gasteiger partial charge < -0.3 is 18.9 Å². The van der Waals surface area contributed by atoms with Gasteiger partial charge in [-0.05, 0) is 87.8 Å². The Balaban J connectivity index is 1.55. The second kappa shape index (κ2) is 13.9. The fraction of sp³-hybridized carbons (Fsp3) is 0.353. The summed E-state index contributed by atoms with van der Waals surface area (Å²) < 4.78 is 22.7. The van der Waals surface area contributed by atoms with Gasteiger partial charge in [0.1, 0.15) is 23.7 Å². The molecule has 3 aromatic rings. The number of hydrogen-bond donors (Lipinski definition) is 0. The van der Waals surface area contributed by atoms with Crippen LogP contribution in [0, 0.1) is 0 Å². The first-order valence-corrected chi connectivity index (χ1v) is 14.6. The Morgan fingerprint density at radius 3 is 1.14 bits per heavy atom. The quantitative estimate of drug-likeness (QED) is 0.209. The number of benzene rings is 3. The summed E-state index contributed by atoms with van der Waals surface area (Å²) in [6.07, 6.45) is 8.18. The highest BCUT2D eigenvalue weighted by molar-refractivity contribution is 6.11. The molecule has 3 aromatic carbocycles. The molecule has 0 aliphatic heterocycles. The average Bonchev–Trinajstić information content (AvgIpc) is 3.02. The Labute approximate surface area is 244 Å². The van der Waals surface area contributed by atoms with Crippen LogP contribution in [0.4, 0.5) is 0 Å². The van der Waals surface area contributed by atoms with Gasteiger partial charge in [-0.3, -0.25) is 0 Å². The van der Waals surface area contributed by atoms with Gasteiger partial charge in [0.15, 0.2) is 0 Å². The molecule has 0 unspecified atom stereocenters. The molecular weight excluding hydrogens is 536 g/mol. The molecule has 0 aromatic heterocycles. The summed E-state index contributed by atoms with van der Waals surface area (Å²) in [6.45, 7) is 0. The fourth-order valence-electron chi connectivity index (χ4n) is 5.37. The lowest BCUT2D eigenvalue weighted by atomic mass is 9.95. The lowest BCUT2D eigenvalue weighted by Crippen LogP contribution is -2.27. The molecule has 0 saturated heterocycles. The molecule has 0 spiro atoms. The summed E-state index contributed by atoms with van der Waals surface area (Å²) in [4.78, 5) is 54.0. The van der Waals surface area contributed by atoms with E-state index >= 15 is 0 Å². The number of esters is 4. The van der Waals surface area contributed by atoms with Gasteiger partial charge in [-0.1, -0.05) is 49.2 Å². The van der Waals surface area contributed by atoms with Crippen LogP contribution in [0.2, 0.25) is 0 Å². The molecule has 0 radical (unpaired) electrons. The summed E-state index contributed by atoms with van der Waals surface area (Å²) >= 11 is 0. The molecule has 0 N–H and O–H groups in total. The SMILES string of the molecule is O=C(Oc1ccccc1)c1cc(C(=O)OC2CCCCC2)c(C(=O)OC2CCCCC2)cc1C(=O)Oc1ccccc1. The number of para-hydroxylation sites is 2. The van der Waals surface area contributed by atoms with Crippen molar-refractivity contribution >= 4 is 23.9 Å². The maximum Gasteiger partial charge on any atom is 0.344 e. The van der Waals surface area contributed by atoms with E-state index in [2.05, 4.69) is 0 Å². The number of rotatable bonds is 8. The van der Waals surface area contributed by atoms with E-state index in [1.54, 1.807) is 60.7 Å². The number of carbonyl (C=O) groups excluding carboxylic acids is 4. The van der Waals surface area contributed by atoms with Crippen molar-refractivity contribution in [2.75, 3.05) is 0 Å². The minimum atomic E-state index is -0.889. The van der Waals surface area contributed by atoms with Crippen LogP contribution in [0.15, 0.2) is 72.8 Å². The Kier molecular flexibility index (Phi) is 9.64. The van der Waals surface area contributed by atoms with E-state index in [0.717, 1.165) is 64.2 Å². The third kappa shape index (κ3) is 7.43. The first kappa shape index (κ1) is 29.0. The van der Waals surface area contributed by atoms with Crippen LogP contribution < -0.4 is 9.47 Å². The highest BCUT2D eigenvalue weighted by Gasteiger charge is 2.31.